The Morgan fingerprint density at radius 3 is 3.00 bits per heavy atom. The van der Waals surface area contributed by atoms with Crippen molar-refractivity contribution in [2.24, 2.45) is 4.99 Å². The topological polar surface area (TPSA) is 101 Å². The summed E-state index contributed by atoms with van der Waals surface area (Å²) in [4.78, 5) is 32.7. The highest BCUT2D eigenvalue weighted by Crippen LogP contribution is 2.31. The van der Waals surface area contributed by atoms with Crippen molar-refractivity contribution in [3.05, 3.63) is 53.2 Å². The number of benzene rings is 1. The number of para-hydroxylation sites is 1. The van der Waals surface area contributed by atoms with Crippen LogP contribution in [-0.4, -0.2) is 41.4 Å². The molecule has 2 aromatic rings. The molecular weight excluding hydrogens is 334 g/mol. The molecule has 0 bridgehead atoms. The maximum Gasteiger partial charge on any atom is 0.339 e. The number of hydrogen-bond donors (Lipinski definition) is 2. The Bertz CT molecular complexity index is 864. The number of rotatable bonds is 6. The summed E-state index contributed by atoms with van der Waals surface area (Å²) in [5.74, 6) is -0.958. The minimum absolute atomic E-state index is 0.0199. The average molecular weight is 353 g/mol. The van der Waals surface area contributed by atoms with Gasteiger partial charge in [-0.3, -0.25) is 9.79 Å². The first kappa shape index (κ1) is 17.8. The van der Waals surface area contributed by atoms with Crippen LogP contribution in [0.1, 0.15) is 34.3 Å². The number of ether oxygens (including phenoxy) is 1. The van der Waals surface area contributed by atoms with Gasteiger partial charge < -0.3 is 15.2 Å². The molecule has 1 aliphatic rings. The molecule has 1 amide bonds. The van der Waals surface area contributed by atoms with Crippen LogP contribution in [0.5, 0.6) is 0 Å². The van der Waals surface area contributed by atoms with E-state index in [0.29, 0.717) is 29.1 Å². The van der Waals surface area contributed by atoms with Gasteiger partial charge >= 0.3 is 5.97 Å². The number of amides is 1. The molecule has 0 saturated heterocycles. The van der Waals surface area contributed by atoms with E-state index in [-0.39, 0.29) is 19.1 Å². The average Bonchev–Trinajstić information content (AvgIpc) is 2.96. The molecule has 2 heterocycles. The van der Waals surface area contributed by atoms with Crippen molar-refractivity contribution in [1.82, 2.24) is 4.98 Å². The highest BCUT2D eigenvalue weighted by atomic mass is 16.5. The molecule has 3 rings (SSSR count). The molecule has 0 saturated carbocycles. The summed E-state index contributed by atoms with van der Waals surface area (Å²) >= 11 is 0. The summed E-state index contributed by atoms with van der Waals surface area (Å²) in [6, 6.07) is 9.02. The van der Waals surface area contributed by atoms with Crippen molar-refractivity contribution in [2.75, 3.05) is 18.5 Å². The van der Waals surface area contributed by atoms with E-state index in [1.807, 2.05) is 24.3 Å². The predicted molar refractivity (Wildman–Crippen MR) is 96.9 cm³/mol. The third kappa shape index (κ3) is 3.62. The van der Waals surface area contributed by atoms with Gasteiger partial charge in [-0.05, 0) is 31.0 Å². The predicted octanol–water partition coefficient (Wildman–Crippen LogP) is 2.23. The summed E-state index contributed by atoms with van der Waals surface area (Å²) in [6.45, 7) is 2.01. The zero-order valence-corrected chi connectivity index (χ0v) is 14.3. The smallest absolute Gasteiger partial charge is 0.339 e. The van der Waals surface area contributed by atoms with Crippen LogP contribution in [-0.2, 0) is 16.0 Å². The number of aliphatic imine (C=N–C) groups is 1. The lowest BCUT2D eigenvalue weighted by Gasteiger charge is -2.06. The van der Waals surface area contributed by atoms with Gasteiger partial charge in [0, 0.05) is 24.6 Å². The molecule has 0 fully saturated rings. The Morgan fingerprint density at radius 1 is 1.42 bits per heavy atom. The summed E-state index contributed by atoms with van der Waals surface area (Å²) in [7, 11) is 0. The summed E-state index contributed by atoms with van der Waals surface area (Å²) in [6.07, 6.45) is 3.40. The van der Waals surface area contributed by atoms with Gasteiger partial charge in [0.15, 0.2) is 0 Å². The Labute approximate surface area is 150 Å². The fourth-order valence-electron chi connectivity index (χ4n) is 2.76. The van der Waals surface area contributed by atoms with Gasteiger partial charge in [-0.15, -0.1) is 0 Å². The lowest BCUT2D eigenvalue weighted by atomic mass is 10.0. The number of aliphatic hydroxyl groups excluding tert-OH is 1. The van der Waals surface area contributed by atoms with E-state index in [9.17, 15) is 9.59 Å². The van der Waals surface area contributed by atoms with Gasteiger partial charge in [0.25, 0.3) is 0 Å². The van der Waals surface area contributed by atoms with Crippen LogP contribution in [0.25, 0.3) is 0 Å². The number of anilines is 1. The minimum Gasteiger partial charge on any atom is -0.462 e. The van der Waals surface area contributed by atoms with E-state index in [2.05, 4.69) is 15.3 Å². The first-order valence-corrected chi connectivity index (χ1v) is 8.35. The Hall–Kier alpha value is -3.06. The highest BCUT2D eigenvalue weighted by Gasteiger charge is 2.31. The highest BCUT2D eigenvalue weighted by molar-refractivity contribution is 6.12. The SMILES string of the molecule is CCOC(=O)c1cnc2c(c1)C(C=Nc1ccccc1CCO)C(=O)N2. The molecule has 1 aromatic carbocycles. The summed E-state index contributed by atoms with van der Waals surface area (Å²) in [5, 5.41) is 11.8. The third-order valence-electron chi connectivity index (χ3n) is 4.02. The molecule has 26 heavy (non-hydrogen) atoms. The standard InChI is InChI=1S/C19H19N3O4/c1-2-26-19(25)13-9-14-15(18(24)22-17(14)21-10-13)11-20-16-6-4-3-5-12(16)7-8-23/h3-6,9-11,15,23H,2,7-8H2,1H3,(H,21,22,24). The van der Waals surface area contributed by atoms with Crippen molar-refractivity contribution in [3.8, 4) is 0 Å². The second kappa shape index (κ2) is 7.88. The summed E-state index contributed by atoms with van der Waals surface area (Å²) < 4.78 is 4.98. The van der Waals surface area contributed by atoms with E-state index >= 15 is 0 Å². The van der Waals surface area contributed by atoms with Crippen molar-refractivity contribution >= 4 is 29.6 Å². The number of aliphatic hydroxyl groups is 1. The van der Waals surface area contributed by atoms with Gasteiger partial charge in [-0.25, -0.2) is 9.78 Å². The van der Waals surface area contributed by atoms with Crippen LogP contribution in [0.2, 0.25) is 0 Å². The van der Waals surface area contributed by atoms with E-state index in [0.717, 1.165) is 5.56 Å². The number of esters is 1. The van der Waals surface area contributed by atoms with Gasteiger partial charge in [0.1, 0.15) is 11.7 Å². The number of carbonyl (C=O) groups is 2. The number of pyridine rings is 1. The molecule has 0 radical (unpaired) electrons. The summed E-state index contributed by atoms with van der Waals surface area (Å²) in [5.41, 5.74) is 2.46. The van der Waals surface area contributed by atoms with E-state index in [1.54, 1.807) is 13.0 Å². The van der Waals surface area contributed by atoms with Crippen LogP contribution in [0, 0.1) is 0 Å². The second-order valence-electron chi connectivity index (χ2n) is 5.73. The van der Waals surface area contributed by atoms with Gasteiger partial charge in [-0.2, -0.15) is 0 Å². The zero-order chi connectivity index (χ0) is 18.5. The second-order valence-corrected chi connectivity index (χ2v) is 5.73. The molecule has 7 nitrogen and oxygen atoms in total. The molecule has 0 aliphatic carbocycles. The van der Waals surface area contributed by atoms with Crippen LogP contribution in [0.15, 0.2) is 41.5 Å². The van der Waals surface area contributed by atoms with E-state index < -0.39 is 11.9 Å². The van der Waals surface area contributed by atoms with Gasteiger partial charge in [-0.1, -0.05) is 18.2 Å². The number of aromatic nitrogens is 1. The molecule has 1 atom stereocenters. The molecule has 1 aromatic heterocycles. The first-order chi connectivity index (χ1) is 12.6. The third-order valence-corrected chi connectivity index (χ3v) is 4.02. The molecule has 1 aliphatic heterocycles. The maximum absolute atomic E-state index is 12.3. The number of fused-ring (bicyclic) bond motifs is 1. The van der Waals surface area contributed by atoms with Crippen LogP contribution >= 0.6 is 0 Å². The molecular formula is C19H19N3O4. The van der Waals surface area contributed by atoms with Crippen LogP contribution in [0.4, 0.5) is 11.5 Å². The van der Waals surface area contributed by atoms with Crippen LogP contribution < -0.4 is 5.32 Å². The van der Waals surface area contributed by atoms with E-state index in [1.165, 1.54) is 12.4 Å². The normalized spacial score (nSPS) is 15.8. The number of nitrogens with zero attached hydrogens (tertiary/aromatic N) is 2. The fourth-order valence-corrected chi connectivity index (χ4v) is 2.76. The minimum atomic E-state index is -0.644. The maximum atomic E-state index is 12.3. The largest absolute Gasteiger partial charge is 0.462 e. The Balaban J connectivity index is 1.90. The lowest BCUT2D eigenvalue weighted by Crippen LogP contribution is -2.13. The number of nitrogens with one attached hydrogen (secondary N) is 1. The fraction of sp³-hybridized carbons (Fsp3) is 0.263. The number of hydrogen-bond acceptors (Lipinski definition) is 6. The van der Waals surface area contributed by atoms with Crippen LogP contribution in [0.3, 0.4) is 0 Å². The molecule has 2 N–H and O–H groups in total. The van der Waals surface area contributed by atoms with Crippen molar-refractivity contribution < 1.29 is 19.4 Å². The Morgan fingerprint density at radius 2 is 2.23 bits per heavy atom. The zero-order valence-electron chi connectivity index (χ0n) is 14.3. The Kier molecular flexibility index (Phi) is 5.38. The van der Waals surface area contributed by atoms with Crippen molar-refractivity contribution in [3.63, 3.8) is 0 Å². The monoisotopic (exact) mass is 353 g/mol. The van der Waals surface area contributed by atoms with Gasteiger partial charge in [0.2, 0.25) is 5.91 Å². The first-order valence-electron chi connectivity index (χ1n) is 8.35. The van der Waals surface area contributed by atoms with Gasteiger partial charge in [0.05, 0.1) is 17.9 Å². The lowest BCUT2D eigenvalue weighted by molar-refractivity contribution is -0.115. The van der Waals surface area contributed by atoms with Crippen molar-refractivity contribution in [1.29, 1.82) is 0 Å². The van der Waals surface area contributed by atoms with Crippen molar-refractivity contribution in [2.45, 2.75) is 19.3 Å². The van der Waals surface area contributed by atoms with E-state index in [4.69, 9.17) is 9.84 Å². The molecule has 134 valence electrons. The molecule has 0 spiro atoms. The molecule has 7 heteroatoms. The molecule has 1 unspecified atom stereocenters. The quantitative estimate of drug-likeness (QED) is 0.613. The number of carbonyl (C=O) groups excluding carboxylic acids is 2.